The van der Waals surface area contributed by atoms with Gasteiger partial charge < -0.3 is 10.3 Å². The average Bonchev–Trinajstić information content (AvgIpc) is 3.27. The van der Waals surface area contributed by atoms with Gasteiger partial charge in [-0.1, -0.05) is 51.5 Å². The fraction of sp³-hybridized carbons (Fsp3) is 0.0556. The van der Waals surface area contributed by atoms with E-state index in [1.807, 2.05) is 48.5 Å². The Morgan fingerprint density at radius 2 is 1.96 bits per heavy atom. The van der Waals surface area contributed by atoms with Gasteiger partial charge in [-0.25, -0.2) is 14.8 Å². The number of imidazole rings is 1. The van der Waals surface area contributed by atoms with Crippen molar-refractivity contribution in [1.82, 2.24) is 20.3 Å². The summed E-state index contributed by atoms with van der Waals surface area (Å²) in [7, 11) is 0. The Morgan fingerprint density at radius 1 is 1.15 bits per heavy atom. The van der Waals surface area contributed by atoms with Crippen LogP contribution in [0.4, 0.5) is 9.93 Å². The third kappa shape index (κ3) is 3.76. The van der Waals surface area contributed by atoms with Crippen molar-refractivity contribution in [2.45, 2.75) is 6.54 Å². The smallest absolute Gasteiger partial charge is 0.321 e. The first-order valence-corrected chi connectivity index (χ1v) is 9.48. The highest BCUT2D eigenvalue weighted by atomic mass is 79.9. The van der Waals surface area contributed by atoms with Crippen molar-refractivity contribution in [2.75, 3.05) is 5.32 Å². The number of aromatic amines is 1. The van der Waals surface area contributed by atoms with Gasteiger partial charge in [0.1, 0.15) is 5.82 Å². The van der Waals surface area contributed by atoms with Crippen LogP contribution in [-0.4, -0.2) is 21.0 Å². The lowest BCUT2D eigenvalue weighted by molar-refractivity contribution is 0.251. The van der Waals surface area contributed by atoms with Crippen LogP contribution >= 0.6 is 27.3 Å². The van der Waals surface area contributed by atoms with Crippen molar-refractivity contribution >= 4 is 48.6 Å². The van der Waals surface area contributed by atoms with Crippen LogP contribution in [0, 0.1) is 0 Å². The van der Waals surface area contributed by atoms with Crippen LogP contribution < -0.4 is 10.6 Å². The minimum absolute atomic E-state index is 0.299. The van der Waals surface area contributed by atoms with E-state index >= 15 is 0 Å². The van der Waals surface area contributed by atoms with Crippen molar-refractivity contribution in [3.05, 3.63) is 65.0 Å². The summed E-state index contributed by atoms with van der Waals surface area (Å²) in [6.45, 7) is 0.299. The third-order valence-electron chi connectivity index (χ3n) is 3.71. The number of fused-ring (bicyclic) bond motifs is 1. The normalized spacial score (nSPS) is 10.8. The van der Waals surface area contributed by atoms with E-state index in [1.54, 1.807) is 6.20 Å². The molecule has 8 heteroatoms. The number of hydrogen-bond acceptors (Lipinski definition) is 4. The Balaban J connectivity index is 1.36. The Bertz CT molecular complexity index is 1020. The van der Waals surface area contributed by atoms with E-state index < -0.39 is 0 Å². The zero-order chi connectivity index (χ0) is 17.9. The zero-order valence-electron chi connectivity index (χ0n) is 13.5. The van der Waals surface area contributed by atoms with Gasteiger partial charge in [0, 0.05) is 4.47 Å². The number of benzene rings is 2. The number of aromatic nitrogens is 3. The molecule has 0 unspecified atom stereocenters. The lowest BCUT2D eigenvalue weighted by atomic mass is 10.2. The summed E-state index contributed by atoms with van der Waals surface area (Å²) in [5.41, 5.74) is 2.81. The second kappa shape index (κ2) is 7.27. The molecule has 0 radical (unpaired) electrons. The summed E-state index contributed by atoms with van der Waals surface area (Å²) in [6, 6.07) is 15.4. The summed E-state index contributed by atoms with van der Waals surface area (Å²) in [5, 5.41) is 6.11. The number of nitrogens with zero attached hydrogens (tertiary/aromatic N) is 2. The molecular formula is C18H14BrN5OS. The molecular weight excluding hydrogens is 414 g/mol. The van der Waals surface area contributed by atoms with E-state index in [0.717, 1.165) is 25.9 Å². The molecule has 2 aromatic heterocycles. The first kappa shape index (κ1) is 16.7. The number of hydrogen-bond donors (Lipinski definition) is 3. The lowest BCUT2D eigenvalue weighted by Crippen LogP contribution is -2.28. The molecule has 0 aliphatic carbocycles. The molecule has 0 aliphatic rings. The van der Waals surface area contributed by atoms with Gasteiger partial charge in [-0.05, 0) is 29.8 Å². The summed E-state index contributed by atoms with van der Waals surface area (Å²) in [4.78, 5) is 24.0. The Labute approximate surface area is 161 Å². The molecule has 0 aliphatic heterocycles. The molecule has 4 aromatic rings. The molecule has 2 aromatic carbocycles. The van der Waals surface area contributed by atoms with E-state index in [9.17, 15) is 4.79 Å². The zero-order valence-corrected chi connectivity index (χ0v) is 15.9. The third-order valence-corrected chi connectivity index (χ3v) is 5.19. The van der Waals surface area contributed by atoms with Crippen molar-refractivity contribution in [3.8, 4) is 11.3 Å². The molecule has 0 atom stereocenters. The summed E-state index contributed by atoms with van der Waals surface area (Å²) < 4.78 is 2.06. The number of para-hydroxylation sites is 1. The van der Waals surface area contributed by atoms with Gasteiger partial charge in [-0.2, -0.15) is 0 Å². The fourth-order valence-corrected chi connectivity index (χ4v) is 3.58. The van der Waals surface area contributed by atoms with Gasteiger partial charge >= 0.3 is 6.03 Å². The van der Waals surface area contributed by atoms with E-state index in [2.05, 4.69) is 41.5 Å². The predicted octanol–water partition coefficient (Wildman–Crippen LogP) is 4.77. The first-order chi connectivity index (χ1) is 12.7. The molecule has 0 saturated carbocycles. The number of halogens is 1. The van der Waals surface area contributed by atoms with E-state index in [1.165, 1.54) is 11.3 Å². The largest absolute Gasteiger partial charge is 0.341 e. The van der Waals surface area contributed by atoms with Gasteiger partial charge in [0.05, 0.1) is 28.7 Å². The Morgan fingerprint density at radius 3 is 2.77 bits per heavy atom. The van der Waals surface area contributed by atoms with Crippen LogP contribution in [0.2, 0.25) is 0 Å². The van der Waals surface area contributed by atoms with Crippen molar-refractivity contribution in [2.24, 2.45) is 0 Å². The second-order valence-corrected chi connectivity index (χ2v) is 7.49. The molecule has 0 fully saturated rings. The Hall–Kier alpha value is -2.71. The van der Waals surface area contributed by atoms with Gasteiger partial charge in [-0.15, -0.1) is 0 Å². The molecule has 6 nitrogen and oxygen atoms in total. The van der Waals surface area contributed by atoms with Crippen LogP contribution in [0.1, 0.15) is 5.82 Å². The first-order valence-electron chi connectivity index (χ1n) is 7.87. The van der Waals surface area contributed by atoms with Crippen LogP contribution in [0.3, 0.4) is 0 Å². The van der Waals surface area contributed by atoms with Crippen molar-refractivity contribution in [3.63, 3.8) is 0 Å². The van der Waals surface area contributed by atoms with E-state index in [-0.39, 0.29) is 6.03 Å². The molecule has 130 valence electrons. The van der Waals surface area contributed by atoms with Gasteiger partial charge in [0.25, 0.3) is 0 Å². The number of anilines is 1. The van der Waals surface area contributed by atoms with Crippen molar-refractivity contribution in [1.29, 1.82) is 0 Å². The summed E-state index contributed by atoms with van der Waals surface area (Å²) in [6.07, 6.45) is 1.76. The number of carbonyl (C=O) groups excluding carboxylic acids is 1. The quantitative estimate of drug-likeness (QED) is 0.438. The molecule has 2 amide bonds. The van der Waals surface area contributed by atoms with Crippen LogP contribution in [-0.2, 0) is 6.54 Å². The van der Waals surface area contributed by atoms with Crippen LogP contribution in [0.15, 0.2) is 59.2 Å². The number of amides is 2. The van der Waals surface area contributed by atoms with Gasteiger partial charge in [-0.3, -0.25) is 5.32 Å². The topological polar surface area (TPSA) is 82.7 Å². The second-order valence-electron chi connectivity index (χ2n) is 5.54. The van der Waals surface area contributed by atoms with Crippen LogP contribution in [0.5, 0.6) is 0 Å². The predicted molar refractivity (Wildman–Crippen MR) is 107 cm³/mol. The van der Waals surface area contributed by atoms with Crippen LogP contribution in [0.25, 0.3) is 21.5 Å². The number of H-pyrrole nitrogens is 1. The number of carbonyl (C=O) groups is 1. The van der Waals surface area contributed by atoms with Crippen molar-refractivity contribution < 1.29 is 4.79 Å². The molecule has 4 rings (SSSR count). The highest BCUT2D eigenvalue weighted by Crippen LogP contribution is 2.25. The average molecular weight is 428 g/mol. The standard InChI is InChI=1S/C18H14BrN5OS/c19-12-7-5-11(6-8-12)14-9-20-16(22-14)10-21-17(25)24-18-23-13-3-1-2-4-15(13)26-18/h1-9H,10H2,(H,20,22)(H2,21,23,24,25). The number of urea groups is 1. The monoisotopic (exact) mass is 427 g/mol. The lowest BCUT2D eigenvalue weighted by Gasteiger charge is -2.03. The van der Waals surface area contributed by atoms with Gasteiger partial charge in [0.15, 0.2) is 5.13 Å². The minimum Gasteiger partial charge on any atom is -0.341 e. The summed E-state index contributed by atoms with van der Waals surface area (Å²) >= 11 is 4.86. The molecule has 26 heavy (non-hydrogen) atoms. The van der Waals surface area contributed by atoms with Gasteiger partial charge in [0.2, 0.25) is 0 Å². The Kier molecular flexibility index (Phi) is 4.68. The molecule has 2 heterocycles. The SMILES string of the molecule is O=C(NCc1ncc(-c2ccc(Br)cc2)[nH]1)Nc1nc2ccccc2s1. The maximum Gasteiger partial charge on any atom is 0.321 e. The molecule has 0 saturated heterocycles. The maximum absolute atomic E-state index is 12.1. The van der Waals surface area contributed by atoms with E-state index in [4.69, 9.17) is 0 Å². The minimum atomic E-state index is -0.314. The molecule has 0 bridgehead atoms. The summed E-state index contributed by atoms with van der Waals surface area (Å²) in [5.74, 6) is 0.683. The number of rotatable bonds is 4. The number of thiazole rings is 1. The number of nitrogens with one attached hydrogen (secondary N) is 3. The highest BCUT2D eigenvalue weighted by Gasteiger charge is 2.08. The molecule has 0 spiro atoms. The maximum atomic E-state index is 12.1. The fourth-order valence-electron chi connectivity index (χ4n) is 2.46. The van der Waals surface area contributed by atoms with E-state index in [0.29, 0.717) is 17.5 Å². The molecule has 3 N–H and O–H groups in total. The highest BCUT2D eigenvalue weighted by molar-refractivity contribution is 9.10.